The van der Waals surface area contributed by atoms with Crippen LogP contribution in [0.1, 0.15) is 40.5 Å². The van der Waals surface area contributed by atoms with Crippen molar-refractivity contribution in [2.75, 3.05) is 6.54 Å². The van der Waals surface area contributed by atoms with Crippen molar-refractivity contribution in [3.8, 4) is 0 Å². The van der Waals surface area contributed by atoms with Gasteiger partial charge >= 0.3 is 0 Å². The third-order valence-electron chi connectivity index (χ3n) is 3.16. The molecular weight excluding hydrogens is 288 g/mol. The number of carbonyl (C=O) groups excluding carboxylic acids is 1. The van der Waals surface area contributed by atoms with E-state index in [4.69, 9.17) is 0 Å². The molecule has 0 aliphatic carbocycles. The molecule has 1 unspecified atom stereocenters. The summed E-state index contributed by atoms with van der Waals surface area (Å²) >= 11 is 1.39. The van der Waals surface area contributed by atoms with Gasteiger partial charge in [0.25, 0.3) is 5.91 Å². The van der Waals surface area contributed by atoms with Gasteiger partial charge in [0.15, 0.2) is 0 Å². The Morgan fingerprint density at radius 3 is 2.90 bits per heavy atom. The average molecular weight is 308 g/mol. The van der Waals surface area contributed by atoms with Gasteiger partial charge in [-0.15, -0.1) is 11.3 Å². The number of rotatable bonds is 6. The zero-order chi connectivity index (χ0) is 15.5. The first-order valence-electron chi connectivity index (χ1n) is 6.87. The van der Waals surface area contributed by atoms with Crippen LogP contribution >= 0.6 is 11.3 Å². The third kappa shape index (κ3) is 3.89. The minimum atomic E-state index is -1.15. The quantitative estimate of drug-likeness (QED) is 0.847. The Kier molecular flexibility index (Phi) is 4.74. The second-order valence-corrected chi connectivity index (χ2v) is 6.34. The fourth-order valence-electron chi connectivity index (χ4n) is 1.89. The van der Waals surface area contributed by atoms with Crippen LogP contribution in [0.4, 0.5) is 0 Å². The molecule has 0 aliphatic rings. The fourth-order valence-corrected chi connectivity index (χ4v) is 2.82. The van der Waals surface area contributed by atoms with Gasteiger partial charge in [0.1, 0.15) is 10.5 Å². The van der Waals surface area contributed by atoms with E-state index in [-0.39, 0.29) is 12.5 Å². The number of aromatic nitrogens is 3. The predicted molar refractivity (Wildman–Crippen MR) is 81.2 cm³/mol. The van der Waals surface area contributed by atoms with E-state index < -0.39 is 5.60 Å². The maximum absolute atomic E-state index is 12.1. The number of nitrogens with zero attached hydrogens (tertiary/aromatic N) is 3. The number of thiazole rings is 1. The number of nitrogens with one attached hydrogen (secondary N) is 1. The summed E-state index contributed by atoms with van der Waals surface area (Å²) < 4.78 is 1.62. The largest absolute Gasteiger partial charge is 0.383 e. The van der Waals surface area contributed by atoms with Gasteiger partial charge in [-0.1, -0.05) is 6.92 Å². The van der Waals surface area contributed by atoms with Crippen molar-refractivity contribution in [2.24, 2.45) is 7.05 Å². The number of hydrogen-bond acceptors (Lipinski definition) is 5. The van der Waals surface area contributed by atoms with E-state index in [0.717, 1.165) is 17.8 Å². The molecule has 2 aromatic heterocycles. The molecule has 6 nitrogen and oxygen atoms in total. The monoisotopic (exact) mass is 308 g/mol. The third-order valence-corrected chi connectivity index (χ3v) is 4.22. The highest BCUT2D eigenvalue weighted by molar-refractivity contribution is 7.13. The van der Waals surface area contributed by atoms with Crippen molar-refractivity contribution in [3.63, 3.8) is 0 Å². The Morgan fingerprint density at radius 2 is 2.29 bits per heavy atom. The maximum Gasteiger partial charge on any atom is 0.263 e. The highest BCUT2D eigenvalue weighted by Crippen LogP contribution is 2.19. The fraction of sp³-hybridized carbons (Fsp3) is 0.500. The first kappa shape index (κ1) is 15.7. The number of aliphatic hydroxyl groups is 1. The van der Waals surface area contributed by atoms with Crippen molar-refractivity contribution < 1.29 is 9.90 Å². The molecule has 0 radical (unpaired) electrons. The Bertz CT molecular complexity index is 618. The summed E-state index contributed by atoms with van der Waals surface area (Å²) in [5.74, 6) is -0.209. The average Bonchev–Trinajstić information content (AvgIpc) is 3.06. The summed E-state index contributed by atoms with van der Waals surface area (Å²) in [4.78, 5) is 16.9. The summed E-state index contributed by atoms with van der Waals surface area (Å²) in [5, 5.41) is 18.1. The summed E-state index contributed by atoms with van der Waals surface area (Å²) in [6, 6.07) is 0. The Morgan fingerprint density at radius 1 is 1.52 bits per heavy atom. The number of carbonyl (C=O) groups is 1. The van der Waals surface area contributed by atoms with Crippen LogP contribution in [0.15, 0.2) is 18.6 Å². The molecule has 0 saturated heterocycles. The van der Waals surface area contributed by atoms with E-state index in [2.05, 4.69) is 22.3 Å². The smallest absolute Gasteiger partial charge is 0.263 e. The predicted octanol–water partition coefficient (Wildman–Crippen LogP) is 1.47. The summed E-state index contributed by atoms with van der Waals surface area (Å²) in [6.45, 7) is 3.85. The van der Waals surface area contributed by atoms with E-state index in [1.54, 1.807) is 37.2 Å². The topological polar surface area (TPSA) is 80.0 Å². The molecule has 2 heterocycles. The highest BCUT2D eigenvalue weighted by atomic mass is 32.1. The van der Waals surface area contributed by atoms with Crippen molar-refractivity contribution in [1.29, 1.82) is 0 Å². The molecular formula is C14H20N4O2S. The second kappa shape index (κ2) is 6.36. The zero-order valence-corrected chi connectivity index (χ0v) is 13.3. The molecule has 0 bridgehead atoms. The van der Waals surface area contributed by atoms with Gasteiger partial charge < -0.3 is 10.4 Å². The lowest BCUT2D eigenvalue weighted by atomic mass is 10.00. The molecule has 1 atom stereocenters. The highest BCUT2D eigenvalue weighted by Gasteiger charge is 2.26. The van der Waals surface area contributed by atoms with Gasteiger partial charge in [-0.25, -0.2) is 4.98 Å². The van der Waals surface area contributed by atoms with Gasteiger partial charge in [0.2, 0.25) is 0 Å². The Labute approximate surface area is 127 Å². The van der Waals surface area contributed by atoms with E-state index in [0.29, 0.717) is 10.4 Å². The van der Waals surface area contributed by atoms with Crippen molar-refractivity contribution in [3.05, 3.63) is 34.0 Å². The van der Waals surface area contributed by atoms with Crippen molar-refractivity contribution in [2.45, 2.75) is 32.3 Å². The minimum absolute atomic E-state index is 0.124. The zero-order valence-electron chi connectivity index (χ0n) is 12.5. The molecule has 0 fully saturated rings. The van der Waals surface area contributed by atoms with E-state index in [1.807, 2.05) is 0 Å². The molecule has 2 N–H and O–H groups in total. The van der Waals surface area contributed by atoms with E-state index in [1.165, 1.54) is 11.3 Å². The van der Waals surface area contributed by atoms with Crippen molar-refractivity contribution in [1.82, 2.24) is 20.1 Å². The van der Waals surface area contributed by atoms with Crippen LogP contribution in [-0.2, 0) is 19.1 Å². The molecule has 2 aromatic rings. The van der Waals surface area contributed by atoms with Crippen LogP contribution in [0.2, 0.25) is 0 Å². The first-order chi connectivity index (χ1) is 9.92. The van der Waals surface area contributed by atoms with Gasteiger partial charge in [0.05, 0.1) is 23.9 Å². The number of hydrogen-bond donors (Lipinski definition) is 2. The molecule has 21 heavy (non-hydrogen) atoms. The molecule has 1 amide bonds. The van der Waals surface area contributed by atoms with Gasteiger partial charge in [-0.2, -0.15) is 5.10 Å². The molecule has 2 rings (SSSR count). The molecule has 0 aromatic carbocycles. The number of amides is 1. The normalized spacial score (nSPS) is 13.9. The molecule has 0 spiro atoms. The lowest BCUT2D eigenvalue weighted by Crippen LogP contribution is -2.38. The van der Waals surface area contributed by atoms with Gasteiger partial charge in [-0.05, 0) is 19.8 Å². The van der Waals surface area contributed by atoms with Crippen LogP contribution in [0.25, 0.3) is 0 Å². The second-order valence-electron chi connectivity index (χ2n) is 5.23. The lowest BCUT2D eigenvalue weighted by Gasteiger charge is -2.21. The SMILES string of the molecule is CCCc1ncc(C(=O)NCC(C)(O)c2cnn(C)c2)s1. The first-order valence-corrected chi connectivity index (χ1v) is 7.68. The van der Waals surface area contributed by atoms with E-state index >= 15 is 0 Å². The molecule has 114 valence electrons. The summed E-state index contributed by atoms with van der Waals surface area (Å²) in [6.07, 6.45) is 6.80. The van der Waals surface area contributed by atoms with Crippen LogP contribution in [0.3, 0.4) is 0 Å². The molecule has 0 saturated carbocycles. The summed E-state index contributed by atoms with van der Waals surface area (Å²) in [5.41, 5.74) is -0.484. The molecule has 7 heteroatoms. The Balaban J connectivity index is 1.96. The molecule has 0 aliphatic heterocycles. The van der Waals surface area contributed by atoms with Gasteiger partial charge in [0, 0.05) is 18.8 Å². The van der Waals surface area contributed by atoms with Gasteiger partial charge in [-0.3, -0.25) is 9.48 Å². The summed E-state index contributed by atoms with van der Waals surface area (Å²) in [7, 11) is 1.78. The van der Waals surface area contributed by atoms with Crippen LogP contribution in [0, 0.1) is 0 Å². The minimum Gasteiger partial charge on any atom is -0.383 e. The van der Waals surface area contributed by atoms with Crippen molar-refractivity contribution >= 4 is 17.2 Å². The van der Waals surface area contributed by atoms with Crippen LogP contribution in [0.5, 0.6) is 0 Å². The van der Waals surface area contributed by atoms with Crippen LogP contribution in [-0.4, -0.2) is 32.3 Å². The van der Waals surface area contributed by atoms with E-state index in [9.17, 15) is 9.90 Å². The lowest BCUT2D eigenvalue weighted by molar-refractivity contribution is 0.0527. The Hall–Kier alpha value is -1.73. The standard InChI is InChI=1S/C14H20N4O2S/c1-4-5-12-15-7-11(21-12)13(19)16-9-14(2,20)10-6-17-18(3)8-10/h6-8,20H,4-5,9H2,1-3H3,(H,16,19). The maximum atomic E-state index is 12.1. The number of aryl methyl sites for hydroxylation is 2. The van der Waals surface area contributed by atoms with Crippen LogP contribution < -0.4 is 5.32 Å².